The number of imide groups is 1. The lowest BCUT2D eigenvalue weighted by molar-refractivity contribution is 0.0664. The summed E-state index contributed by atoms with van der Waals surface area (Å²) in [6.07, 6.45) is 1.41. The third-order valence-corrected chi connectivity index (χ3v) is 3.96. The van der Waals surface area contributed by atoms with Gasteiger partial charge in [-0.25, -0.2) is 0 Å². The van der Waals surface area contributed by atoms with E-state index in [1.54, 1.807) is 36.0 Å². The maximum atomic E-state index is 12.0. The SMILES string of the molecule is N#CCCCSCCN1C(=O)c2ccccc2C1=O. The lowest BCUT2D eigenvalue weighted by Gasteiger charge is -2.12. The second-order valence-corrected chi connectivity index (χ2v) is 5.41. The molecule has 0 N–H and O–H groups in total. The molecule has 98 valence electrons. The number of thioether (sulfide) groups is 1. The highest BCUT2D eigenvalue weighted by Gasteiger charge is 2.34. The number of carbonyl (C=O) groups is 2. The fourth-order valence-electron chi connectivity index (χ4n) is 1.95. The van der Waals surface area contributed by atoms with E-state index in [0.717, 1.165) is 17.9 Å². The van der Waals surface area contributed by atoms with Crippen molar-refractivity contribution in [1.29, 1.82) is 5.26 Å². The Balaban J connectivity index is 1.85. The molecule has 0 saturated heterocycles. The summed E-state index contributed by atoms with van der Waals surface area (Å²) in [6, 6.07) is 9.01. The van der Waals surface area contributed by atoms with Gasteiger partial charge in [-0.3, -0.25) is 14.5 Å². The lowest BCUT2D eigenvalue weighted by atomic mass is 10.1. The second-order valence-electron chi connectivity index (χ2n) is 4.18. The van der Waals surface area contributed by atoms with Crippen molar-refractivity contribution in [3.63, 3.8) is 0 Å². The van der Waals surface area contributed by atoms with Crippen LogP contribution >= 0.6 is 11.8 Å². The molecule has 0 fully saturated rings. The first-order valence-corrected chi connectivity index (χ1v) is 7.31. The largest absolute Gasteiger partial charge is 0.274 e. The number of nitriles is 1. The van der Waals surface area contributed by atoms with Crippen LogP contribution < -0.4 is 0 Å². The van der Waals surface area contributed by atoms with E-state index < -0.39 is 0 Å². The molecule has 1 aromatic rings. The molecular weight excluding hydrogens is 260 g/mol. The minimum Gasteiger partial charge on any atom is -0.274 e. The molecule has 0 unspecified atom stereocenters. The normalized spacial score (nSPS) is 13.5. The zero-order valence-corrected chi connectivity index (χ0v) is 11.3. The van der Waals surface area contributed by atoms with Gasteiger partial charge in [0.25, 0.3) is 11.8 Å². The molecule has 0 spiro atoms. The smallest absolute Gasteiger partial charge is 0.261 e. The van der Waals surface area contributed by atoms with Crippen molar-refractivity contribution >= 4 is 23.6 Å². The van der Waals surface area contributed by atoms with Crippen molar-refractivity contribution in [2.24, 2.45) is 0 Å². The zero-order valence-electron chi connectivity index (χ0n) is 10.5. The standard InChI is InChI=1S/C14H14N2O2S/c15-7-3-4-9-19-10-8-16-13(17)11-5-1-2-6-12(11)14(16)18/h1-2,5-6H,3-4,8-10H2. The first kappa shape index (κ1) is 13.6. The number of hydrogen-bond acceptors (Lipinski definition) is 4. The first-order valence-electron chi connectivity index (χ1n) is 6.15. The third-order valence-electron chi connectivity index (χ3n) is 2.91. The van der Waals surface area contributed by atoms with Crippen LogP contribution in [0.2, 0.25) is 0 Å². The highest BCUT2D eigenvalue weighted by molar-refractivity contribution is 7.99. The molecule has 19 heavy (non-hydrogen) atoms. The van der Waals surface area contributed by atoms with Gasteiger partial charge < -0.3 is 0 Å². The monoisotopic (exact) mass is 274 g/mol. The van der Waals surface area contributed by atoms with Crippen LogP contribution in [0, 0.1) is 11.3 Å². The maximum Gasteiger partial charge on any atom is 0.261 e. The molecule has 1 heterocycles. The second kappa shape index (κ2) is 6.39. The van der Waals surface area contributed by atoms with E-state index in [1.165, 1.54) is 4.90 Å². The van der Waals surface area contributed by atoms with Crippen LogP contribution in [-0.4, -0.2) is 34.8 Å². The fraction of sp³-hybridized carbons (Fsp3) is 0.357. The Morgan fingerprint density at radius 1 is 1.11 bits per heavy atom. The highest BCUT2D eigenvalue weighted by Crippen LogP contribution is 2.22. The van der Waals surface area contributed by atoms with Gasteiger partial charge in [-0.05, 0) is 24.3 Å². The molecule has 0 saturated carbocycles. The Hall–Kier alpha value is -1.80. The van der Waals surface area contributed by atoms with Gasteiger partial charge in [0.15, 0.2) is 0 Å². The molecule has 1 aromatic carbocycles. The van der Waals surface area contributed by atoms with E-state index >= 15 is 0 Å². The van der Waals surface area contributed by atoms with Crippen molar-refractivity contribution < 1.29 is 9.59 Å². The summed E-state index contributed by atoms with van der Waals surface area (Å²) in [5.74, 6) is 1.21. The summed E-state index contributed by atoms with van der Waals surface area (Å²) >= 11 is 1.67. The van der Waals surface area contributed by atoms with Crippen LogP contribution in [0.4, 0.5) is 0 Å². The number of fused-ring (bicyclic) bond motifs is 1. The van der Waals surface area contributed by atoms with Crippen LogP contribution in [0.5, 0.6) is 0 Å². The minimum absolute atomic E-state index is 0.196. The van der Waals surface area contributed by atoms with Crippen LogP contribution in [0.3, 0.4) is 0 Å². The van der Waals surface area contributed by atoms with E-state index in [4.69, 9.17) is 5.26 Å². The predicted octanol–water partition coefficient (Wildman–Crippen LogP) is 2.32. The average molecular weight is 274 g/mol. The molecule has 0 bridgehead atoms. The maximum absolute atomic E-state index is 12.0. The number of benzene rings is 1. The van der Waals surface area contributed by atoms with E-state index in [-0.39, 0.29) is 11.8 Å². The summed E-state index contributed by atoms with van der Waals surface area (Å²) in [5.41, 5.74) is 1.00. The number of rotatable bonds is 6. The van der Waals surface area contributed by atoms with Gasteiger partial charge >= 0.3 is 0 Å². The average Bonchev–Trinajstić information content (AvgIpc) is 2.68. The van der Waals surface area contributed by atoms with E-state index in [1.807, 2.05) is 0 Å². The Morgan fingerprint density at radius 2 is 1.74 bits per heavy atom. The van der Waals surface area contributed by atoms with Crippen LogP contribution in [0.1, 0.15) is 33.6 Å². The number of hydrogen-bond donors (Lipinski definition) is 0. The molecule has 5 heteroatoms. The molecule has 0 aromatic heterocycles. The van der Waals surface area contributed by atoms with Gasteiger partial charge in [0, 0.05) is 18.7 Å². The van der Waals surface area contributed by atoms with Crippen molar-refractivity contribution in [1.82, 2.24) is 4.90 Å². The molecule has 0 atom stereocenters. The van der Waals surface area contributed by atoms with Crippen LogP contribution in [0.25, 0.3) is 0 Å². The Labute approximate surface area is 116 Å². The van der Waals surface area contributed by atoms with E-state index in [9.17, 15) is 9.59 Å². The van der Waals surface area contributed by atoms with Gasteiger partial charge in [0.2, 0.25) is 0 Å². The zero-order chi connectivity index (χ0) is 13.7. The van der Waals surface area contributed by atoms with Gasteiger partial charge in [0.1, 0.15) is 0 Å². The molecule has 0 radical (unpaired) electrons. The summed E-state index contributed by atoms with van der Waals surface area (Å²) in [7, 11) is 0. The van der Waals surface area contributed by atoms with Gasteiger partial charge in [0.05, 0.1) is 17.2 Å². The first-order chi connectivity index (χ1) is 9.25. The Bertz CT molecular complexity index is 501. The highest BCUT2D eigenvalue weighted by atomic mass is 32.2. The van der Waals surface area contributed by atoms with Gasteiger partial charge in [-0.2, -0.15) is 17.0 Å². The number of unbranched alkanes of at least 4 members (excludes halogenated alkanes) is 1. The Morgan fingerprint density at radius 3 is 2.32 bits per heavy atom. The molecule has 4 nitrogen and oxygen atoms in total. The van der Waals surface area contributed by atoms with E-state index in [0.29, 0.717) is 24.1 Å². The van der Waals surface area contributed by atoms with Gasteiger partial charge in [-0.1, -0.05) is 12.1 Å². The van der Waals surface area contributed by atoms with Crippen molar-refractivity contribution in [3.05, 3.63) is 35.4 Å². The van der Waals surface area contributed by atoms with Crippen LogP contribution in [-0.2, 0) is 0 Å². The lowest BCUT2D eigenvalue weighted by Crippen LogP contribution is -2.31. The molecule has 2 rings (SSSR count). The number of amides is 2. The van der Waals surface area contributed by atoms with Crippen molar-refractivity contribution in [3.8, 4) is 6.07 Å². The number of nitrogens with zero attached hydrogens (tertiary/aromatic N) is 2. The van der Waals surface area contributed by atoms with E-state index in [2.05, 4.69) is 6.07 Å². The summed E-state index contributed by atoms with van der Waals surface area (Å²) < 4.78 is 0. The Kier molecular flexibility index (Phi) is 4.58. The predicted molar refractivity (Wildman–Crippen MR) is 74.0 cm³/mol. The van der Waals surface area contributed by atoms with Crippen LogP contribution in [0.15, 0.2) is 24.3 Å². The molecule has 2 amide bonds. The quantitative estimate of drug-likeness (QED) is 0.590. The summed E-state index contributed by atoms with van der Waals surface area (Å²) in [4.78, 5) is 25.4. The molecule has 1 aliphatic heterocycles. The summed E-state index contributed by atoms with van der Waals surface area (Å²) in [5, 5.41) is 8.41. The summed E-state index contributed by atoms with van der Waals surface area (Å²) in [6.45, 7) is 0.434. The third kappa shape index (κ3) is 2.96. The molecule has 1 aliphatic rings. The van der Waals surface area contributed by atoms with Crippen molar-refractivity contribution in [2.45, 2.75) is 12.8 Å². The van der Waals surface area contributed by atoms with Crippen molar-refractivity contribution in [2.75, 3.05) is 18.1 Å². The fourth-order valence-corrected chi connectivity index (χ4v) is 2.82. The molecule has 0 aliphatic carbocycles. The van der Waals surface area contributed by atoms with Gasteiger partial charge in [-0.15, -0.1) is 0 Å². The minimum atomic E-state index is -0.196. The topological polar surface area (TPSA) is 61.2 Å². The molecular formula is C14H14N2O2S. The number of carbonyl (C=O) groups excluding carboxylic acids is 2.